The highest BCUT2D eigenvalue weighted by molar-refractivity contribution is 7.89. The molecule has 1 heterocycles. The average molecular weight is 425 g/mol. The van der Waals surface area contributed by atoms with Crippen LogP contribution in [0.15, 0.2) is 53.4 Å². The van der Waals surface area contributed by atoms with Crippen LogP contribution in [0.25, 0.3) is 10.1 Å². The SMILES string of the molecule is NS(=O)(=O)c1cccc(NC(=O)COC(=O)c2sc3ccccc3c2Cl)c1. The third kappa shape index (κ3) is 4.45. The normalized spacial score (nSPS) is 11.3. The van der Waals surface area contributed by atoms with Crippen LogP contribution in [0.4, 0.5) is 5.69 Å². The van der Waals surface area contributed by atoms with Crippen molar-refractivity contribution in [3.63, 3.8) is 0 Å². The molecule has 0 aliphatic carbocycles. The lowest BCUT2D eigenvalue weighted by atomic mass is 10.2. The van der Waals surface area contributed by atoms with Gasteiger partial charge < -0.3 is 10.1 Å². The number of esters is 1. The van der Waals surface area contributed by atoms with Crippen LogP contribution in [0.1, 0.15) is 9.67 Å². The van der Waals surface area contributed by atoms with Crippen LogP contribution in [0, 0.1) is 0 Å². The van der Waals surface area contributed by atoms with Gasteiger partial charge in [0.1, 0.15) is 4.88 Å². The maximum absolute atomic E-state index is 12.2. The Kier molecular flexibility index (Phi) is 5.47. The summed E-state index contributed by atoms with van der Waals surface area (Å²) < 4.78 is 28.5. The fourth-order valence-corrected chi connectivity index (χ4v) is 4.25. The van der Waals surface area contributed by atoms with Gasteiger partial charge in [0.25, 0.3) is 5.91 Å². The van der Waals surface area contributed by atoms with Crippen LogP contribution in [0.3, 0.4) is 0 Å². The fourth-order valence-electron chi connectivity index (χ4n) is 2.29. The van der Waals surface area contributed by atoms with Gasteiger partial charge in [0, 0.05) is 15.8 Å². The van der Waals surface area contributed by atoms with Crippen molar-refractivity contribution in [2.75, 3.05) is 11.9 Å². The van der Waals surface area contributed by atoms with Gasteiger partial charge in [-0.25, -0.2) is 18.4 Å². The number of nitrogens with one attached hydrogen (secondary N) is 1. The van der Waals surface area contributed by atoms with Crippen LogP contribution in [-0.2, 0) is 19.6 Å². The van der Waals surface area contributed by atoms with Crippen LogP contribution >= 0.6 is 22.9 Å². The molecule has 7 nitrogen and oxygen atoms in total. The molecule has 1 aromatic heterocycles. The number of carbonyl (C=O) groups excluding carboxylic acids is 2. The molecule has 0 bridgehead atoms. The van der Waals surface area contributed by atoms with E-state index in [4.69, 9.17) is 21.5 Å². The number of benzene rings is 2. The molecule has 0 unspecified atom stereocenters. The zero-order valence-corrected chi connectivity index (χ0v) is 16.0. The smallest absolute Gasteiger partial charge is 0.350 e. The van der Waals surface area contributed by atoms with Crippen molar-refractivity contribution >= 4 is 60.6 Å². The van der Waals surface area contributed by atoms with E-state index < -0.39 is 28.5 Å². The molecular weight excluding hydrogens is 412 g/mol. The first kappa shape index (κ1) is 19.3. The molecular formula is C17H13ClN2O5S2. The molecule has 140 valence electrons. The predicted octanol–water partition coefficient (Wildman–Crippen LogP) is 3.00. The van der Waals surface area contributed by atoms with Crippen molar-refractivity contribution in [1.82, 2.24) is 0 Å². The number of primary sulfonamides is 1. The minimum absolute atomic E-state index is 0.144. The number of halogens is 1. The third-order valence-corrected chi connectivity index (χ3v) is 6.07. The Balaban J connectivity index is 1.65. The molecule has 3 rings (SSSR count). The molecule has 0 radical (unpaired) electrons. The Labute approximate surface area is 163 Å². The topological polar surface area (TPSA) is 116 Å². The fraction of sp³-hybridized carbons (Fsp3) is 0.0588. The second-order valence-corrected chi connectivity index (χ2v) is 8.43. The number of amides is 1. The van der Waals surface area contributed by atoms with Crippen molar-refractivity contribution < 1.29 is 22.7 Å². The van der Waals surface area contributed by atoms with E-state index >= 15 is 0 Å². The van der Waals surface area contributed by atoms with Crippen LogP contribution in [0.5, 0.6) is 0 Å². The highest BCUT2D eigenvalue weighted by Gasteiger charge is 2.19. The van der Waals surface area contributed by atoms with Crippen molar-refractivity contribution in [2.45, 2.75) is 4.90 Å². The lowest BCUT2D eigenvalue weighted by Gasteiger charge is -2.07. The van der Waals surface area contributed by atoms with Crippen molar-refractivity contribution in [3.8, 4) is 0 Å². The van der Waals surface area contributed by atoms with E-state index in [1.54, 1.807) is 12.1 Å². The van der Waals surface area contributed by atoms with Crippen molar-refractivity contribution in [3.05, 3.63) is 58.4 Å². The monoisotopic (exact) mass is 424 g/mol. The van der Waals surface area contributed by atoms with Gasteiger partial charge in [-0.05, 0) is 24.3 Å². The summed E-state index contributed by atoms with van der Waals surface area (Å²) in [6, 6.07) is 12.7. The first-order chi connectivity index (χ1) is 12.8. The number of hydrogen-bond donors (Lipinski definition) is 2. The van der Waals surface area contributed by atoms with Crippen LogP contribution in [-0.4, -0.2) is 26.9 Å². The van der Waals surface area contributed by atoms with E-state index in [0.717, 1.165) is 10.1 Å². The van der Waals surface area contributed by atoms with E-state index in [1.807, 2.05) is 12.1 Å². The van der Waals surface area contributed by atoms with Gasteiger partial charge in [0.05, 0.1) is 9.92 Å². The van der Waals surface area contributed by atoms with Gasteiger partial charge >= 0.3 is 5.97 Å². The summed E-state index contributed by atoms with van der Waals surface area (Å²) in [6.45, 7) is -0.553. The second-order valence-electron chi connectivity index (χ2n) is 5.44. The Hall–Kier alpha value is -2.46. The molecule has 1 amide bonds. The van der Waals surface area contributed by atoms with Crippen molar-refractivity contribution in [2.24, 2.45) is 5.14 Å². The molecule has 0 fully saturated rings. The second kappa shape index (κ2) is 7.65. The number of nitrogens with two attached hydrogens (primary N) is 1. The number of ether oxygens (including phenoxy) is 1. The summed E-state index contributed by atoms with van der Waals surface area (Å²) in [5.74, 6) is -1.35. The standard InChI is InChI=1S/C17H13ClN2O5S2/c18-15-12-6-1-2-7-13(12)26-16(15)17(22)25-9-14(21)20-10-4-3-5-11(8-10)27(19,23)24/h1-8H,9H2,(H,20,21)(H2,19,23,24). The van der Waals surface area contributed by atoms with Crippen molar-refractivity contribution in [1.29, 1.82) is 0 Å². The molecule has 0 aliphatic heterocycles. The Morgan fingerprint density at radius 3 is 2.59 bits per heavy atom. The molecule has 0 atom stereocenters. The number of fused-ring (bicyclic) bond motifs is 1. The average Bonchev–Trinajstić information content (AvgIpc) is 2.96. The minimum atomic E-state index is -3.89. The van der Waals surface area contributed by atoms with Gasteiger partial charge in [0.2, 0.25) is 10.0 Å². The molecule has 3 N–H and O–H groups in total. The van der Waals surface area contributed by atoms with Gasteiger partial charge in [0.15, 0.2) is 6.61 Å². The lowest BCUT2D eigenvalue weighted by molar-refractivity contribution is -0.119. The van der Waals surface area contributed by atoms with Gasteiger partial charge in [-0.1, -0.05) is 35.9 Å². The molecule has 2 aromatic carbocycles. The summed E-state index contributed by atoms with van der Waals surface area (Å²) in [5.41, 5.74) is 0.211. The van der Waals surface area contributed by atoms with Gasteiger partial charge in [-0.2, -0.15) is 0 Å². The number of carbonyl (C=O) groups is 2. The maximum atomic E-state index is 12.2. The number of anilines is 1. The highest BCUT2D eigenvalue weighted by Crippen LogP contribution is 2.35. The molecule has 3 aromatic rings. The third-order valence-electron chi connectivity index (χ3n) is 3.50. The Morgan fingerprint density at radius 2 is 1.89 bits per heavy atom. The number of sulfonamides is 1. The highest BCUT2D eigenvalue weighted by atomic mass is 35.5. The Bertz CT molecular complexity index is 1140. The molecule has 10 heteroatoms. The molecule has 0 saturated heterocycles. The van der Waals surface area contributed by atoms with Crippen LogP contribution in [0.2, 0.25) is 5.02 Å². The molecule has 27 heavy (non-hydrogen) atoms. The van der Waals surface area contributed by atoms with Crippen LogP contribution < -0.4 is 10.5 Å². The van der Waals surface area contributed by atoms with E-state index in [9.17, 15) is 18.0 Å². The largest absolute Gasteiger partial charge is 0.451 e. The summed E-state index contributed by atoms with van der Waals surface area (Å²) in [7, 11) is -3.89. The van der Waals surface area contributed by atoms with E-state index in [1.165, 1.54) is 35.6 Å². The molecule has 0 spiro atoms. The number of hydrogen-bond acceptors (Lipinski definition) is 6. The zero-order valence-electron chi connectivity index (χ0n) is 13.6. The first-order valence-electron chi connectivity index (χ1n) is 7.52. The summed E-state index contributed by atoms with van der Waals surface area (Å²) in [6.07, 6.45) is 0. The minimum Gasteiger partial charge on any atom is -0.451 e. The summed E-state index contributed by atoms with van der Waals surface area (Å²) >= 11 is 7.37. The Morgan fingerprint density at radius 1 is 1.15 bits per heavy atom. The lowest BCUT2D eigenvalue weighted by Crippen LogP contribution is -2.21. The first-order valence-corrected chi connectivity index (χ1v) is 10.3. The molecule has 0 aliphatic rings. The molecule has 0 saturated carbocycles. The number of rotatable bonds is 5. The zero-order chi connectivity index (χ0) is 19.6. The quantitative estimate of drug-likeness (QED) is 0.611. The number of thiophene rings is 1. The summed E-state index contributed by atoms with van der Waals surface area (Å²) in [5, 5.41) is 8.50. The summed E-state index contributed by atoms with van der Waals surface area (Å²) in [4.78, 5) is 24.2. The van der Waals surface area contributed by atoms with Gasteiger partial charge in [-0.15, -0.1) is 11.3 Å². The van der Waals surface area contributed by atoms with E-state index in [0.29, 0.717) is 0 Å². The maximum Gasteiger partial charge on any atom is 0.350 e. The van der Waals surface area contributed by atoms with E-state index in [2.05, 4.69) is 5.32 Å². The predicted molar refractivity (Wildman–Crippen MR) is 104 cm³/mol. The van der Waals surface area contributed by atoms with Gasteiger partial charge in [-0.3, -0.25) is 4.79 Å². The van der Waals surface area contributed by atoms with E-state index in [-0.39, 0.29) is 20.5 Å².